The molecule has 0 aliphatic heterocycles. The number of pyridine rings is 1. The van der Waals surface area contributed by atoms with Crippen LogP contribution in [0.1, 0.15) is 12.0 Å². The van der Waals surface area contributed by atoms with E-state index >= 15 is 0 Å². The third kappa shape index (κ3) is 5.17. The Bertz CT molecular complexity index is 674. The lowest BCUT2D eigenvalue weighted by Gasteiger charge is -2.08. The van der Waals surface area contributed by atoms with E-state index in [9.17, 15) is 4.79 Å². The van der Waals surface area contributed by atoms with Crippen LogP contribution in [0.3, 0.4) is 0 Å². The molecule has 0 bridgehead atoms. The molecule has 0 aliphatic carbocycles. The van der Waals surface area contributed by atoms with Gasteiger partial charge in [0.2, 0.25) is 0 Å². The summed E-state index contributed by atoms with van der Waals surface area (Å²) in [6.45, 7) is 1.25. The molecule has 0 amide bonds. The summed E-state index contributed by atoms with van der Waals surface area (Å²) in [6, 6.07) is 10.6. The Labute approximate surface area is 123 Å². The minimum Gasteiger partial charge on any atom is -0.492 e. The first-order valence-electron chi connectivity index (χ1n) is 6.76. The van der Waals surface area contributed by atoms with Gasteiger partial charge in [-0.15, -0.1) is 0 Å². The first-order valence-corrected chi connectivity index (χ1v) is 6.76. The number of rotatable bonds is 5. The van der Waals surface area contributed by atoms with Gasteiger partial charge in [-0.2, -0.15) is 0 Å². The van der Waals surface area contributed by atoms with Crippen LogP contribution in [0.2, 0.25) is 0 Å². The maximum Gasteiger partial charge on any atom is 0.181 e. The van der Waals surface area contributed by atoms with Crippen molar-refractivity contribution < 1.29 is 9.84 Å². The summed E-state index contributed by atoms with van der Waals surface area (Å²) in [4.78, 5) is 11.0. The van der Waals surface area contributed by atoms with E-state index in [1.54, 1.807) is 12.4 Å². The lowest BCUT2D eigenvalue weighted by atomic mass is 10.2. The normalized spacial score (nSPS) is 9.76. The highest BCUT2D eigenvalue weighted by Gasteiger charge is 1.96. The van der Waals surface area contributed by atoms with Gasteiger partial charge < -0.3 is 14.4 Å². The van der Waals surface area contributed by atoms with Crippen LogP contribution in [0.5, 0.6) is 5.75 Å². The quantitative estimate of drug-likeness (QED) is 0.849. The van der Waals surface area contributed by atoms with Gasteiger partial charge in [-0.05, 0) is 18.2 Å². The Balaban J connectivity index is 1.88. The fourth-order valence-electron chi connectivity index (χ4n) is 1.75. The minimum atomic E-state index is 0.00123. The first-order chi connectivity index (χ1) is 10.3. The number of hydrogen-bond acceptors (Lipinski definition) is 3. The van der Waals surface area contributed by atoms with E-state index in [2.05, 4.69) is 11.8 Å². The third-order valence-corrected chi connectivity index (χ3v) is 2.78. The summed E-state index contributed by atoms with van der Waals surface area (Å²) in [5.41, 5.74) is 0.866. The van der Waals surface area contributed by atoms with Gasteiger partial charge in [0, 0.05) is 36.5 Å². The van der Waals surface area contributed by atoms with Crippen LogP contribution in [-0.4, -0.2) is 22.9 Å². The fourth-order valence-corrected chi connectivity index (χ4v) is 1.75. The lowest BCUT2D eigenvalue weighted by molar-refractivity contribution is 0.298. The van der Waals surface area contributed by atoms with Crippen molar-refractivity contribution in [3.05, 3.63) is 64.6 Å². The minimum absolute atomic E-state index is 0.00123. The van der Waals surface area contributed by atoms with Crippen molar-refractivity contribution in [3.63, 3.8) is 0 Å². The van der Waals surface area contributed by atoms with Gasteiger partial charge in [-0.25, -0.2) is 0 Å². The lowest BCUT2D eigenvalue weighted by Crippen LogP contribution is -2.10. The van der Waals surface area contributed by atoms with E-state index in [1.807, 2.05) is 28.8 Å². The molecule has 0 atom stereocenters. The number of aliphatic hydroxyl groups is 1. The summed E-state index contributed by atoms with van der Waals surface area (Å²) >= 11 is 0. The molecule has 108 valence electrons. The second-order valence-electron chi connectivity index (χ2n) is 4.42. The van der Waals surface area contributed by atoms with E-state index in [4.69, 9.17) is 9.84 Å². The maximum absolute atomic E-state index is 11.0. The van der Waals surface area contributed by atoms with Crippen molar-refractivity contribution in [3.8, 4) is 17.6 Å². The van der Waals surface area contributed by atoms with Crippen LogP contribution in [-0.2, 0) is 6.54 Å². The molecule has 0 fully saturated rings. The zero-order valence-electron chi connectivity index (χ0n) is 11.7. The topological polar surface area (TPSA) is 51.5 Å². The second kappa shape index (κ2) is 7.93. The van der Waals surface area contributed by atoms with Crippen LogP contribution in [0.25, 0.3) is 0 Å². The maximum atomic E-state index is 11.0. The Kier molecular flexibility index (Phi) is 5.62. The van der Waals surface area contributed by atoms with E-state index in [1.165, 1.54) is 12.1 Å². The highest BCUT2D eigenvalue weighted by atomic mass is 16.5. The number of benzene rings is 1. The third-order valence-electron chi connectivity index (χ3n) is 2.78. The molecule has 2 rings (SSSR count). The van der Waals surface area contributed by atoms with Crippen LogP contribution in [0.4, 0.5) is 0 Å². The molecule has 0 aliphatic rings. The van der Waals surface area contributed by atoms with E-state index < -0.39 is 0 Å². The molecule has 1 aromatic carbocycles. The number of aliphatic hydroxyl groups excluding tert-OH is 1. The molecule has 1 heterocycles. The van der Waals surface area contributed by atoms with Gasteiger partial charge in [0.05, 0.1) is 13.2 Å². The molecule has 0 saturated carbocycles. The first kappa shape index (κ1) is 14.9. The van der Waals surface area contributed by atoms with Gasteiger partial charge in [0.25, 0.3) is 0 Å². The molecular weight excluding hydrogens is 266 g/mol. The standard InChI is InChI=1S/C17H17NO3/c19-12-2-1-4-15-5-3-6-17(14-15)21-13-11-18-9-7-16(20)8-10-18/h3,5-10,14,19H,2,11-13H2. The van der Waals surface area contributed by atoms with Crippen molar-refractivity contribution in [2.75, 3.05) is 13.2 Å². The molecule has 0 unspecified atom stereocenters. The Hall–Kier alpha value is -2.51. The molecule has 21 heavy (non-hydrogen) atoms. The molecule has 4 nitrogen and oxygen atoms in total. The van der Waals surface area contributed by atoms with Crippen molar-refractivity contribution in [1.82, 2.24) is 4.57 Å². The molecule has 1 aromatic heterocycles. The summed E-state index contributed by atoms with van der Waals surface area (Å²) < 4.78 is 7.57. The summed E-state index contributed by atoms with van der Waals surface area (Å²) in [5.74, 6) is 6.60. The zero-order valence-corrected chi connectivity index (χ0v) is 11.7. The smallest absolute Gasteiger partial charge is 0.181 e. The number of ether oxygens (including phenoxy) is 1. The van der Waals surface area contributed by atoms with Crippen LogP contribution < -0.4 is 10.2 Å². The predicted octanol–water partition coefficient (Wildman–Crippen LogP) is 1.66. The second-order valence-corrected chi connectivity index (χ2v) is 4.42. The molecular formula is C17H17NO3. The Morgan fingerprint density at radius 1 is 1.19 bits per heavy atom. The SMILES string of the molecule is O=c1ccn(CCOc2cccc(C#CCCO)c2)cc1. The summed E-state index contributed by atoms with van der Waals surface area (Å²) in [7, 11) is 0. The zero-order chi connectivity index (χ0) is 14.9. The van der Waals surface area contributed by atoms with Crippen LogP contribution in [0.15, 0.2) is 53.6 Å². The van der Waals surface area contributed by atoms with Crippen molar-refractivity contribution >= 4 is 0 Å². The van der Waals surface area contributed by atoms with Gasteiger partial charge in [-0.1, -0.05) is 17.9 Å². The molecule has 4 heteroatoms. The van der Waals surface area contributed by atoms with E-state index in [-0.39, 0.29) is 12.0 Å². The predicted molar refractivity (Wildman–Crippen MR) is 81.2 cm³/mol. The molecule has 1 N–H and O–H groups in total. The van der Waals surface area contributed by atoms with Crippen LogP contribution >= 0.6 is 0 Å². The highest BCUT2D eigenvalue weighted by molar-refractivity contribution is 5.39. The fraction of sp³-hybridized carbons (Fsp3) is 0.235. The van der Waals surface area contributed by atoms with Crippen molar-refractivity contribution in [2.24, 2.45) is 0 Å². The monoisotopic (exact) mass is 283 g/mol. The molecule has 0 saturated heterocycles. The average molecular weight is 283 g/mol. The number of hydrogen-bond donors (Lipinski definition) is 1. The number of aromatic nitrogens is 1. The highest BCUT2D eigenvalue weighted by Crippen LogP contribution is 2.12. The summed E-state index contributed by atoms with van der Waals surface area (Å²) in [6.07, 6.45) is 3.95. The molecule has 0 spiro atoms. The average Bonchev–Trinajstić information content (AvgIpc) is 2.50. The van der Waals surface area contributed by atoms with Crippen LogP contribution in [0, 0.1) is 11.8 Å². The van der Waals surface area contributed by atoms with E-state index in [0.29, 0.717) is 19.6 Å². The van der Waals surface area contributed by atoms with Gasteiger partial charge in [0.1, 0.15) is 12.4 Å². The molecule has 0 radical (unpaired) electrons. The summed E-state index contributed by atoms with van der Waals surface area (Å²) in [5, 5.41) is 8.69. The van der Waals surface area contributed by atoms with Crippen molar-refractivity contribution in [2.45, 2.75) is 13.0 Å². The molecule has 2 aromatic rings. The number of nitrogens with zero attached hydrogens (tertiary/aromatic N) is 1. The Morgan fingerprint density at radius 2 is 2.00 bits per heavy atom. The van der Waals surface area contributed by atoms with Gasteiger partial charge in [0.15, 0.2) is 5.43 Å². The largest absolute Gasteiger partial charge is 0.492 e. The van der Waals surface area contributed by atoms with Gasteiger partial charge in [-0.3, -0.25) is 4.79 Å². The van der Waals surface area contributed by atoms with E-state index in [0.717, 1.165) is 11.3 Å². The van der Waals surface area contributed by atoms with Crippen molar-refractivity contribution in [1.29, 1.82) is 0 Å². The van der Waals surface area contributed by atoms with Gasteiger partial charge >= 0.3 is 0 Å². The Morgan fingerprint density at radius 3 is 2.76 bits per heavy atom.